The molecule has 2 atom stereocenters. The number of rotatable bonds is 7. The van der Waals surface area contributed by atoms with Gasteiger partial charge in [0, 0.05) is 38.8 Å². The Morgan fingerprint density at radius 3 is 2.97 bits per heavy atom. The normalized spacial score (nSPS) is 19.6. The van der Waals surface area contributed by atoms with Gasteiger partial charge in [-0.05, 0) is 43.0 Å². The Morgan fingerprint density at radius 1 is 1.28 bits per heavy atom. The summed E-state index contributed by atoms with van der Waals surface area (Å²) in [4.78, 5) is 19.6. The molecule has 1 saturated heterocycles. The number of benzene rings is 1. The van der Waals surface area contributed by atoms with Crippen molar-refractivity contribution in [3.8, 4) is 5.88 Å². The second-order valence-corrected chi connectivity index (χ2v) is 8.15. The van der Waals surface area contributed by atoms with Crippen molar-refractivity contribution in [2.45, 2.75) is 38.5 Å². The quantitative estimate of drug-likeness (QED) is 0.601. The lowest BCUT2D eigenvalue weighted by atomic mass is 9.93. The molecule has 0 spiro atoms. The molecule has 4 rings (SSSR count). The molecule has 32 heavy (non-hydrogen) atoms. The number of hydrogen-bond acceptors (Lipinski definition) is 7. The van der Waals surface area contributed by atoms with Gasteiger partial charge in [-0.25, -0.2) is 0 Å². The van der Waals surface area contributed by atoms with Gasteiger partial charge in [0.2, 0.25) is 5.88 Å². The second kappa shape index (κ2) is 10.8. The summed E-state index contributed by atoms with van der Waals surface area (Å²) in [5, 5.41) is 16.9. The van der Waals surface area contributed by atoms with Crippen LogP contribution in [0.2, 0.25) is 0 Å². The summed E-state index contributed by atoms with van der Waals surface area (Å²) in [7, 11) is 0. The number of pyridine rings is 1. The zero-order valence-electron chi connectivity index (χ0n) is 18.5. The summed E-state index contributed by atoms with van der Waals surface area (Å²) < 4.78 is 11.2. The van der Waals surface area contributed by atoms with Crippen molar-refractivity contribution in [3.05, 3.63) is 53.1 Å². The van der Waals surface area contributed by atoms with Crippen LogP contribution in [0.4, 0.5) is 5.82 Å². The molecule has 8 nitrogen and oxygen atoms in total. The fraction of sp³-hybridized carbons (Fsp3) is 0.500. The molecule has 2 aliphatic rings. The first-order valence-corrected chi connectivity index (χ1v) is 11.4. The van der Waals surface area contributed by atoms with Crippen molar-refractivity contribution in [2.24, 2.45) is 0 Å². The van der Waals surface area contributed by atoms with E-state index < -0.39 is 6.10 Å². The summed E-state index contributed by atoms with van der Waals surface area (Å²) in [5.41, 5.74) is 2.86. The van der Waals surface area contributed by atoms with E-state index in [1.54, 1.807) is 6.07 Å². The van der Waals surface area contributed by atoms with Crippen molar-refractivity contribution in [3.63, 3.8) is 0 Å². The average molecular weight is 441 g/mol. The molecule has 0 unspecified atom stereocenters. The Morgan fingerprint density at radius 2 is 2.12 bits per heavy atom. The zero-order chi connectivity index (χ0) is 22.3. The molecule has 2 aromatic rings. The highest BCUT2D eigenvalue weighted by Crippen LogP contribution is 2.23. The summed E-state index contributed by atoms with van der Waals surface area (Å²) in [5.74, 6) is 0.787. The van der Waals surface area contributed by atoms with Crippen LogP contribution in [0, 0.1) is 0 Å². The fourth-order valence-electron chi connectivity index (χ4n) is 4.19. The Hall–Kier alpha value is -2.68. The smallest absolute Gasteiger partial charge is 0.256 e. The van der Waals surface area contributed by atoms with E-state index in [4.69, 9.17) is 9.47 Å². The molecule has 8 heteroatoms. The Kier molecular flexibility index (Phi) is 7.57. The number of amides is 1. The monoisotopic (exact) mass is 440 g/mol. The Balaban J connectivity index is 1.39. The van der Waals surface area contributed by atoms with E-state index in [1.165, 1.54) is 11.1 Å². The Labute approximate surface area is 188 Å². The van der Waals surface area contributed by atoms with Gasteiger partial charge in [-0.15, -0.1) is 0 Å². The van der Waals surface area contributed by atoms with Crippen LogP contribution in [-0.2, 0) is 17.7 Å². The number of ether oxygens (including phenoxy) is 2. The number of fused-ring (bicyclic) bond motifs is 1. The zero-order valence-corrected chi connectivity index (χ0v) is 18.5. The lowest BCUT2D eigenvalue weighted by Gasteiger charge is -2.30. The maximum Gasteiger partial charge on any atom is 0.256 e. The first-order chi connectivity index (χ1) is 15.7. The van der Waals surface area contributed by atoms with Gasteiger partial charge < -0.3 is 30.1 Å². The van der Waals surface area contributed by atoms with E-state index in [0.717, 1.165) is 38.4 Å². The second-order valence-electron chi connectivity index (χ2n) is 8.15. The summed E-state index contributed by atoms with van der Waals surface area (Å²) in [6.07, 6.45) is 0.964. The molecule has 1 aromatic carbocycles. The largest absolute Gasteiger partial charge is 0.477 e. The van der Waals surface area contributed by atoms with Crippen LogP contribution >= 0.6 is 0 Å². The predicted molar refractivity (Wildman–Crippen MR) is 122 cm³/mol. The molecule has 3 N–H and O–H groups in total. The van der Waals surface area contributed by atoms with Crippen molar-refractivity contribution in [1.82, 2.24) is 15.6 Å². The number of hydrogen-bond donors (Lipinski definition) is 3. The van der Waals surface area contributed by atoms with Crippen LogP contribution in [0.3, 0.4) is 0 Å². The topological polar surface area (TPSA) is 96.0 Å². The SMILES string of the molecule is CCOc1nc(N2CCCOCC2)ccc1C(=O)NC[C@@H](O)[C@@H]1Cc2ccccc2CN1. The third-order valence-corrected chi connectivity index (χ3v) is 5.97. The highest BCUT2D eigenvalue weighted by atomic mass is 16.5. The number of carbonyl (C=O) groups excluding carboxylic acids is 1. The molecule has 2 aliphatic heterocycles. The van der Waals surface area contributed by atoms with Gasteiger partial charge in [-0.2, -0.15) is 4.98 Å². The van der Waals surface area contributed by atoms with Crippen LogP contribution in [0.25, 0.3) is 0 Å². The molecule has 1 amide bonds. The molecule has 0 aliphatic carbocycles. The number of nitrogens with one attached hydrogen (secondary N) is 2. The molecule has 172 valence electrons. The number of anilines is 1. The minimum absolute atomic E-state index is 0.109. The van der Waals surface area contributed by atoms with Crippen molar-refractivity contribution >= 4 is 11.7 Å². The fourth-order valence-corrected chi connectivity index (χ4v) is 4.19. The maximum absolute atomic E-state index is 12.9. The van der Waals surface area contributed by atoms with Gasteiger partial charge in [0.1, 0.15) is 11.4 Å². The predicted octanol–water partition coefficient (Wildman–Crippen LogP) is 1.51. The lowest BCUT2D eigenvalue weighted by Crippen LogP contribution is -2.49. The van der Waals surface area contributed by atoms with E-state index in [2.05, 4.69) is 32.7 Å². The van der Waals surface area contributed by atoms with E-state index in [9.17, 15) is 9.90 Å². The van der Waals surface area contributed by atoms with E-state index >= 15 is 0 Å². The number of aliphatic hydroxyl groups is 1. The van der Waals surface area contributed by atoms with Crippen LogP contribution in [0.5, 0.6) is 5.88 Å². The van der Waals surface area contributed by atoms with Gasteiger partial charge in [-0.1, -0.05) is 24.3 Å². The Bertz CT molecular complexity index is 915. The van der Waals surface area contributed by atoms with Gasteiger partial charge in [-0.3, -0.25) is 4.79 Å². The number of aliphatic hydroxyl groups excluding tert-OH is 1. The van der Waals surface area contributed by atoms with Gasteiger partial charge in [0.15, 0.2) is 0 Å². The minimum Gasteiger partial charge on any atom is -0.477 e. The molecular weight excluding hydrogens is 408 g/mol. The maximum atomic E-state index is 12.9. The van der Waals surface area contributed by atoms with Crippen molar-refractivity contribution in [2.75, 3.05) is 44.4 Å². The molecule has 3 heterocycles. The third-order valence-electron chi connectivity index (χ3n) is 5.97. The highest BCUT2D eigenvalue weighted by molar-refractivity contribution is 5.96. The van der Waals surface area contributed by atoms with E-state index in [1.807, 2.05) is 25.1 Å². The molecule has 1 aromatic heterocycles. The highest BCUT2D eigenvalue weighted by Gasteiger charge is 2.25. The first kappa shape index (κ1) is 22.5. The van der Waals surface area contributed by atoms with E-state index in [-0.39, 0.29) is 18.5 Å². The molecular formula is C24H32N4O4. The van der Waals surface area contributed by atoms with Crippen LogP contribution < -0.4 is 20.3 Å². The number of carbonyl (C=O) groups is 1. The van der Waals surface area contributed by atoms with Crippen LogP contribution in [-0.4, -0.2) is 67.6 Å². The molecule has 0 saturated carbocycles. The van der Waals surface area contributed by atoms with Crippen molar-refractivity contribution in [1.29, 1.82) is 0 Å². The third kappa shape index (κ3) is 5.38. The van der Waals surface area contributed by atoms with Crippen molar-refractivity contribution < 1.29 is 19.4 Å². The summed E-state index contributed by atoms with van der Waals surface area (Å²) >= 11 is 0. The number of aromatic nitrogens is 1. The lowest BCUT2D eigenvalue weighted by molar-refractivity contribution is 0.0866. The minimum atomic E-state index is -0.702. The summed E-state index contributed by atoms with van der Waals surface area (Å²) in [6.45, 7) is 6.16. The first-order valence-electron chi connectivity index (χ1n) is 11.4. The van der Waals surface area contributed by atoms with Crippen LogP contribution in [0.15, 0.2) is 36.4 Å². The average Bonchev–Trinajstić information content (AvgIpc) is 3.12. The van der Waals surface area contributed by atoms with Gasteiger partial charge >= 0.3 is 0 Å². The standard InChI is InChI=1S/C24H32N4O4/c1-2-32-24-19(8-9-22(27-24)28-10-5-12-31-13-11-28)23(30)26-16-21(29)20-14-17-6-3-4-7-18(17)15-25-20/h3-4,6-9,20-21,25,29H,2,5,10-16H2,1H3,(H,26,30)/t20-,21+/m0/s1. The van der Waals surface area contributed by atoms with E-state index in [0.29, 0.717) is 31.2 Å². The van der Waals surface area contributed by atoms with Crippen LogP contribution in [0.1, 0.15) is 34.8 Å². The summed E-state index contributed by atoms with van der Waals surface area (Å²) in [6, 6.07) is 11.7. The van der Waals surface area contributed by atoms with Gasteiger partial charge in [0.25, 0.3) is 5.91 Å². The molecule has 1 fully saturated rings. The van der Waals surface area contributed by atoms with Gasteiger partial charge in [0.05, 0.1) is 19.3 Å². The molecule has 0 bridgehead atoms. The molecule has 0 radical (unpaired) electrons. The number of nitrogens with zero attached hydrogens (tertiary/aromatic N) is 2.